The summed E-state index contributed by atoms with van der Waals surface area (Å²) in [4.78, 5) is 9.05. The lowest BCUT2D eigenvalue weighted by Gasteiger charge is -2.28. The van der Waals surface area contributed by atoms with Crippen LogP contribution in [0, 0.1) is 0 Å². The van der Waals surface area contributed by atoms with Gasteiger partial charge in [-0.1, -0.05) is 16.8 Å². The van der Waals surface area contributed by atoms with Gasteiger partial charge in [-0.25, -0.2) is 14.2 Å². The molecule has 4 aromatic heterocycles. The molecule has 10 nitrogen and oxygen atoms in total. The van der Waals surface area contributed by atoms with Crippen LogP contribution < -0.4 is 5.32 Å². The fourth-order valence-electron chi connectivity index (χ4n) is 3.43. The highest BCUT2D eigenvalue weighted by atomic mass is 35.5. The van der Waals surface area contributed by atoms with Crippen LogP contribution in [0.5, 0.6) is 0 Å². The van der Waals surface area contributed by atoms with E-state index in [1.54, 1.807) is 47.8 Å². The smallest absolute Gasteiger partial charge is 0.164 e. The van der Waals surface area contributed by atoms with Crippen LogP contribution in [0.15, 0.2) is 37.1 Å². The number of hydrogen-bond acceptors (Lipinski definition) is 8. The number of hydrogen-bond donors (Lipinski definition) is 2. The van der Waals surface area contributed by atoms with Gasteiger partial charge < -0.3 is 15.2 Å². The molecule has 0 radical (unpaired) electrons. The molecule has 0 aliphatic carbocycles. The molecule has 0 aromatic carbocycles. The lowest BCUT2D eigenvalue weighted by Crippen LogP contribution is -2.40. The molecule has 4 aromatic rings. The van der Waals surface area contributed by atoms with Crippen LogP contribution >= 0.6 is 11.6 Å². The van der Waals surface area contributed by atoms with Gasteiger partial charge in [0.2, 0.25) is 0 Å². The van der Waals surface area contributed by atoms with Gasteiger partial charge in [-0.15, -0.1) is 5.10 Å². The molecule has 5 heterocycles. The van der Waals surface area contributed by atoms with Crippen LogP contribution in [-0.2, 0) is 11.2 Å². The summed E-state index contributed by atoms with van der Waals surface area (Å²) in [5, 5.41) is 26.9. The summed E-state index contributed by atoms with van der Waals surface area (Å²) in [6.07, 6.45) is 9.86. The number of aromatic nitrogens is 7. The standard InChI is InChI=1S/C21H23ClN8O2/c1-21(2,31)4-3-14-10-29(28-27-14)19-8-23-17(5-18(19)26-15-11-32-12-15)16-7-25-30-9-13(22)6-24-20(16)30/h5-10,15,31H,3-4,11-12H2,1-2H3,(H,23,26). The number of aryl methyl sites for hydroxylation is 1. The van der Waals surface area contributed by atoms with Crippen molar-refractivity contribution in [3.63, 3.8) is 0 Å². The Morgan fingerprint density at radius 3 is 2.81 bits per heavy atom. The van der Waals surface area contributed by atoms with Crippen molar-refractivity contribution in [1.82, 2.24) is 34.6 Å². The van der Waals surface area contributed by atoms with E-state index in [0.717, 1.165) is 28.3 Å². The van der Waals surface area contributed by atoms with E-state index in [1.165, 1.54) is 0 Å². The molecule has 0 spiro atoms. The average molecular weight is 455 g/mol. The van der Waals surface area contributed by atoms with Gasteiger partial charge in [0.1, 0.15) is 5.69 Å². The number of nitrogens with one attached hydrogen (secondary N) is 1. The fraction of sp³-hybridized carbons (Fsp3) is 0.381. The maximum Gasteiger partial charge on any atom is 0.164 e. The lowest BCUT2D eigenvalue weighted by molar-refractivity contribution is 0.0211. The zero-order valence-corrected chi connectivity index (χ0v) is 18.5. The molecule has 11 heteroatoms. The van der Waals surface area contributed by atoms with E-state index in [9.17, 15) is 5.11 Å². The maximum atomic E-state index is 9.98. The van der Waals surface area contributed by atoms with Gasteiger partial charge in [0, 0.05) is 6.20 Å². The largest absolute Gasteiger partial charge is 0.390 e. The summed E-state index contributed by atoms with van der Waals surface area (Å²) < 4.78 is 8.65. The third-order valence-corrected chi connectivity index (χ3v) is 5.46. The molecule has 0 amide bonds. The summed E-state index contributed by atoms with van der Waals surface area (Å²) in [5.41, 5.74) is 3.87. The highest BCUT2D eigenvalue weighted by Crippen LogP contribution is 2.29. The van der Waals surface area contributed by atoms with E-state index in [0.29, 0.717) is 36.7 Å². The highest BCUT2D eigenvalue weighted by molar-refractivity contribution is 6.30. The first-order valence-electron chi connectivity index (χ1n) is 10.3. The lowest BCUT2D eigenvalue weighted by atomic mass is 10.0. The number of fused-ring (bicyclic) bond motifs is 1. The van der Waals surface area contributed by atoms with Crippen molar-refractivity contribution >= 4 is 22.9 Å². The van der Waals surface area contributed by atoms with Crippen LogP contribution in [0.1, 0.15) is 26.0 Å². The van der Waals surface area contributed by atoms with Gasteiger partial charge in [0.05, 0.1) is 77.3 Å². The molecule has 1 aliphatic rings. The Morgan fingerprint density at radius 2 is 2.06 bits per heavy atom. The molecule has 0 bridgehead atoms. The minimum Gasteiger partial charge on any atom is -0.390 e. The second-order valence-corrected chi connectivity index (χ2v) is 8.97. The zero-order valence-electron chi connectivity index (χ0n) is 17.7. The number of nitrogens with zero attached hydrogens (tertiary/aromatic N) is 7. The Morgan fingerprint density at radius 1 is 1.22 bits per heavy atom. The van der Waals surface area contributed by atoms with E-state index in [-0.39, 0.29) is 6.04 Å². The van der Waals surface area contributed by atoms with E-state index < -0.39 is 5.60 Å². The van der Waals surface area contributed by atoms with E-state index >= 15 is 0 Å². The molecule has 1 saturated heterocycles. The molecule has 0 saturated carbocycles. The maximum absolute atomic E-state index is 9.98. The quantitative estimate of drug-likeness (QED) is 0.437. The number of halogens is 1. The number of anilines is 1. The SMILES string of the molecule is CC(C)(O)CCc1cn(-c2cnc(-c3cnn4cc(Cl)cnc34)cc2NC2COC2)nn1. The van der Waals surface area contributed by atoms with Crippen molar-refractivity contribution < 1.29 is 9.84 Å². The Bertz CT molecular complexity index is 1260. The Hall–Kier alpha value is -3.08. The Labute approximate surface area is 189 Å². The number of ether oxygens (including phenoxy) is 1. The number of pyridine rings is 1. The van der Waals surface area contributed by atoms with Gasteiger partial charge >= 0.3 is 0 Å². The Kier molecular flexibility index (Phi) is 5.28. The molecule has 1 fully saturated rings. The molecule has 5 rings (SSSR count). The molecule has 0 atom stereocenters. The summed E-state index contributed by atoms with van der Waals surface area (Å²) >= 11 is 6.03. The van der Waals surface area contributed by atoms with Crippen molar-refractivity contribution in [3.8, 4) is 16.9 Å². The minimum atomic E-state index is -0.753. The van der Waals surface area contributed by atoms with Gasteiger partial charge in [-0.05, 0) is 32.8 Å². The number of aliphatic hydroxyl groups is 1. The fourth-order valence-corrected chi connectivity index (χ4v) is 3.57. The normalized spacial score (nSPS) is 14.6. The van der Waals surface area contributed by atoms with Crippen LogP contribution in [-0.4, -0.2) is 64.5 Å². The summed E-state index contributed by atoms with van der Waals surface area (Å²) in [6, 6.07) is 2.17. The van der Waals surface area contributed by atoms with E-state index in [1.807, 2.05) is 12.3 Å². The van der Waals surface area contributed by atoms with Gasteiger partial charge in [0.25, 0.3) is 0 Å². The van der Waals surface area contributed by atoms with E-state index in [2.05, 4.69) is 30.7 Å². The molecule has 1 aliphatic heterocycles. The second-order valence-electron chi connectivity index (χ2n) is 8.53. The topological polar surface area (TPSA) is 115 Å². The van der Waals surface area contributed by atoms with Gasteiger partial charge in [0.15, 0.2) is 5.65 Å². The first kappa shape index (κ1) is 20.8. The molecule has 0 unspecified atom stereocenters. The van der Waals surface area contributed by atoms with Gasteiger partial charge in [-0.3, -0.25) is 4.98 Å². The molecular weight excluding hydrogens is 432 g/mol. The summed E-state index contributed by atoms with van der Waals surface area (Å²) in [6.45, 7) is 4.85. The first-order chi connectivity index (χ1) is 15.4. The predicted octanol–water partition coefficient (Wildman–Crippen LogP) is 2.54. The van der Waals surface area contributed by atoms with Crippen molar-refractivity contribution in [1.29, 1.82) is 0 Å². The third kappa shape index (κ3) is 4.29. The van der Waals surface area contributed by atoms with Crippen LogP contribution in [0.4, 0.5) is 5.69 Å². The predicted molar refractivity (Wildman–Crippen MR) is 119 cm³/mol. The molecule has 32 heavy (non-hydrogen) atoms. The van der Waals surface area contributed by atoms with E-state index in [4.69, 9.17) is 16.3 Å². The van der Waals surface area contributed by atoms with Crippen LogP contribution in [0.25, 0.3) is 22.6 Å². The van der Waals surface area contributed by atoms with Crippen LogP contribution in [0.3, 0.4) is 0 Å². The first-order valence-corrected chi connectivity index (χ1v) is 10.7. The molecule has 2 N–H and O–H groups in total. The van der Waals surface area contributed by atoms with Crippen molar-refractivity contribution in [2.45, 2.75) is 38.3 Å². The molecular formula is C21H23ClN8O2. The molecule has 166 valence electrons. The number of rotatable bonds is 7. The Balaban J connectivity index is 1.50. The summed E-state index contributed by atoms with van der Waals surface area (Å²) in [5.74, 6) is 0. The van der Waals surface area contributed by atoms with Gasteiger partial charge in [-0.2, -0.15) is 5.10 Å². The monoisotopic (exact) mass is 454 g/mol. The third-order valence-electron chi connectivity index (χ3n) is 5.26. The van der Waals surface area contributed by atoms with Crippen molar-refractivity contribution in [2.75, 3.05) is 18.5 Å². The van der Waals surface area contributed by atoms with Crippen molar-refractivity contribution in [3.05, 3.63) is 47.8 Å². The highest BCUT2D eigenvalue weighted by Gasteiger charge is 2.22. The average Bonchev–Trinajstić information content (AvgIpc) is 3.35. The second kappa shape index (κ2) is 8.12. The summed E-state index contributed by atoms with van der Waals surface area (Å²) in [7, 11) is 0. The minimum absolute atomic E-state index is 0.211. The van der Waals surface area contributed by atoms with Crippen LogP contribution in [0.2, 0.25) is 5.02 Å². The zero-order chi connectivity index (χ0) is 22.3. The van der Waals surface area contributed by atoms with Crippen molar-refractivity contribution in [2.24, 2.45) is 0 Å².